The van der Waals surface area contributed by atoms with Crippen LogP contribution in [0.5, 0.6) is 0 Å². The van der Waals surface area contributed by atoms with Gasteiger partial charge in [0.25, 0.3) is 0 Å². The molecular formula is C7H15NO5. The summed E-state index contributed by atoms with van der Waals surface area (Å²) in [5.74, 6) is -0.744. The van der Waals surface area contributed by atoms with Gasteiger partial charge in [-0.1, -0.05) is 0 Å². The van der Waals surface area contributed by atoms with E-state index < -0.39 is 37.2 Å². The van der Waals surface area contributed by atoms with E-state index in [2.05, 4.69) is 5.32 Å². The Morgan fingerprint density at radius 1 is 1.31 bits per heavy atom. The molecule has 0 aliphatic rings. The summed E-state index contributed by atoms with van der Waals surface area (Å²) in [6.45, 7) is -1.17. The Hall–Kier alpha value is -0.530. The van der Waals surface area contributed by atoms with E-state index in [4.69, 9.17) is 20.4 Å². The number of likely N-dealkylation sites (N-methyl/N-ethyl adjacent to an activating group) is 1. The van der Waals surface area contributed by atoms with Crippen molar-refractivity contribution in [1.29, 1.82) is 0 Å². The van der Waals surface area contributed by atoms with Gasteiger partial charge in [0.05, 0.1) is 19.3 Å². The van der Waals surface area contributed by atoms with Crippen LogP contribution in [0.1, 0.15) is 0 Å². The van der Waals surface area contributed by atoms with E-state index in [-0.39, 0.29) is 0 Å². The molecule has 0 amide bonds. The predicted molar refractivity (Wildman–Crippen MR) is 44.0 cm³/mol. The molecule has 0 aromatic heterocycles. The van der Waals surface area contributed by atoms with Gasteiger partial charge in [-0.15, -0.1) is 0 Å². The van der Waals surface area contributed by atoms with Crippen LogP contribution in [0.3, 0.4) is 0 Å². The van der Waals surface area contributed by atoms with Crippen molar-refractivity contribution in [3.8, 4) is 0 Å². The Bertz CT molecular complexity index is 159. The molecular weight excluding hydrogens is 178 g/mol. The number of hydrogen-bond acceptors (Lipinski definition) is 6. The van der Waals surface area contributed by atoms with Crippen molar-refractivity contribution < 1.29 is 25.2 Å². The maximum absolute atomic E-state index is 11.2. The highest BCUT2D eigenvalue weighted by molar-refractivity contribution is 5.88. The molecule has 78 valence electrons. The SMILES string of the molecule is CN[C@@H](CO)C(=O)[C@H](O)[C@H](O)CO. The molecule has 6 nitrogen and oxygen atoms in total. The molecule has 5 N–H and O–H groups in total. The van der Waals surface area contributed by atoms with Gasteiger partial charge in [-0.2, -0.15) is 0 Å². The molecule has 0 aromatic carbocycles. The fourth-order valence-corrected chi connectivity index (χ4v) is 0.819. The van der Waals surface area contributed by atoms with Crippen LogP contribution in [-0.2, 0) is 4.79 Å². The quantitative estimate of drug-likeness (QED) is 0.305. The molecule has 0 fully saturated rings. The Balaban J connectivity index is 4.22. The van der Waals surface area contributed by atoms with Gasteiger partial charge in [-0.05, 0) is 7.05 Å². The first-order valence-electron chi connectivity index (χ1n) is 3.87. The van der Waals surface area contributed by atoms with Crippen molar-refractivity contribution in [2.24, 2.45) is 0 Å². The standard InChI is InChI=1S/C7H15NO5/c1-8-4(2-9)6(12)7(13)5(11)3-10/h4-5,7-11,13H,2-3H2,1H3/t4-,5+,7+/m0/s1. The summed E-state index contributed by atoms with van der Waals surface area (Å²) in [6.07, 6.45) is -3.18. The summed E-state index contributed by atoms with van der Waals surface area (Å²) in [5, 5.41) is 37.6. The molecule has 0 bridgehead atoms. The number of ketones is 1. The van der Waals surface area contributed by atoms with E-state index >= 15 is 0 Å². The molecule has 0 rings (SSSR count). The second kappa shape index (κ2) is 6.01. The zero-order valence-electron chi connectivity index (χ0n) is 7.34. The number of Topliss-reactive ketones (excluding diaryl/α,β-unsaturated/α-hetero) is 1. The minimum atomic E-state index is -1.67. The molecule has 13 heavy (non-hydrogen) atoms. The molecule has 0 saturated carbocycles. The van der Waals surface area contributed by atoms with Crippen molar-refractivity contribution in [1.82, 2.24) is 5.32 Å². The average molecular weight is 193 g/mol. The first kappa shape index (κ1) is 12.5. The van der Waals surface area contributed by atoms with Crippen LogP contribution in [0.2, 0.25) is 0 Å². The Labute approximate surface area is 75.8 Å². The lowest BCUT2D eigenvalue weighted by Gasteiger charge is -2.19. The molecule has 0 aromatic rings. The summed E-state index contributed by atoms with van der Waals surface area (Å²) in [4.78, 5) is 11.2. The molecule has 0 spiro atoms. The lowest BCUT2D eigenvalue weighted by Crippen LogP contribution is -2.48. The Morgan fingerprint density at radius 2 is 1.85 bits per heavy atom. The number of carbonyl (C=O) groups excluding carboxylic acids is 1. The van der Waals surface area contributed by atoms with Crippen LogP contribution in [0, 0.1) is 0 Å². The predicted octanol–water partition coefficient (Wildman–Crippen LogP) is -3.15. The van der Waals surface area contributed by atoms with Crippen molar-refractivity contribution >= 4 is 5.78 Å². The maximum Gasteiger partial charge on any atom is 0.183 e. The summed E-state index contributed by atoms with van der Waals surface area (Å²) in [6, 6.07) is -0.920. The minimum Gasteiger partial charge on any atom is -0.394 e. The molecule has 0 unspecified atom stereocenters. The van der Waals surface area contributed by atoms with Crippen LogP contribution in [-0.4, -0.2) is 64.7 Å². The van der Waals surface area contributed by atoms with E-state index in [9.17, 15) is 4.79 Å². The van der Waals surface area contributed by atoms with E-state index in [1.807, 2.05) is 0 Å². The zero-order valence-corrected chi connectivity index (χ0v) is 7.34. The number of rotatable bonds is 6. The van der Waals surface area contributed by atoms with Gasteiger partial charge in [0, 0.05) is 0 Å². The van der Waals surface area contributed by atoms with Crippen LogP contribution in [0.15, 0.2) is 0 Å². The monoisotopic (exact) mass is 193 g/mol. The molecule has 0 radical (unpaired) electrons. The molecule has 6 heteroatoms. The van der Waals surface area contributed by atoms with Gasteiger partial charge < -0.3 is 25.7 Å². The first-order chi connectivity index (χ1) is 6.08. The molecule has 0 aliphatic heterocycles. The zero-order chi connectivity index (χ0) is 10.4. The summed E-state index contributed by atoms with van der Waals surface area (Å²) >= 11 is 0. The lowest BCUT2D eigenvalue weighted by atomic mass is 10.0. The van der Waals surface area contributed by atoms with Crippen LogP contribution in [0.4, 0.5) is 0 Å². The largest absolute Gasteiger partial charge is 0.394 e. The molecule has 3 atom stereocenters. The third-order valence-corrected chi connectivity index (χ3v) is 1.72. The van der Waals surface area contributed by atoms with Gasteiger partial charge in [0.2, 0.25) is 0 Å². The number of nitrogens with one attached hydrogen (secondary N) is 1. The highest BCUT2D eigenvalue weighted by Gasteiger charge is 2.28. The molecule has 0 heterocycles. The first-order valence-corrected chi connectivity index (χ1v) is 3.87. The highest BCUT2D eigenvalue weighted by atomic mass is 16.4. The van der Waals surface area contributed by atoms with Crippen LogP contribution >= 0.6 is 0 Å². The third kappa shape index (κ3) is 3.37. The Kier molecular flexibility index (Phi) is 5.76. The van der Waals surface area contributed by atoms with E-state index in [1.165, 1.54) is 7.05 Å². The van der Waals surface area contributed by atoms with Crippen molar-refractivity contribution in [2.45, 2.75) is 18.2 Å². The van der Waals surface area contributed by atoms with Crippen molar-refractivity contribution in [2.75, 3.05) is 20.3 Å². The topological polar surface area (TPSA) is 110 Å². The van der Waals surface area contributed by atoms with E-state index in [1.54, 1.807) is 0 Å². The number of hydrogen-bond donors (Lipinski definition) is 5. The average Bonchev–Trinajstić information content (AvgIpc) is 2.17. The van der Waals surface area contributed by atoms with Gasteiger partial charge >= 0.3 is 0 Å². The fraction of sp³-hybridized carbons (Fsp3) is 0.857. The number of aliphatic hydroxyl groups is 4. The minimum absolute atomic E-state index is 0.468. The maximum atomic E-state index is 11.2. The van der Waals surface area contributed by atoms with Gasteiger partial charge in [-0.25, -0.2) is 0 Å². The normalized spacial score (nSPS) is 17.9. The molecule has 0 aliphatic carbocycles. The van der Waals surface area contributed by atoms with Crippen molar-refractivity contribution in [3.63, 3.8) is 0 Å². The van der Waals surface area contributed by atoms with Crippen LogP contribution < -0.4 is 5.32 Å². The van der Waals surface area contributed by atoms with Gasteiger partial charge in [0.15, 0.2) is 5.78 Å². The third-order valence-electron chi connectivity index (χ3n) is 1.72. The van der Waals surface area contributed by atoms with Gasteiger partial charge in [0.1, 0.15) is 12.2 Å². The summed E-state index contributed by atoms with van der Waals surface area (Å²) < 4.78 is 0. The fourth-order valence-electron chi connectivity index (χ4n) is 0.819. The Morgan fingerprint density at radius 3 is 2.15 bits per heavy atom. The van der Waals surface area contributed by atoms with Crippen LogP contribution in [0.25, 0.3) is 0 Å². The van der Waals surface area contributed by atoms with E-state index in [0.717, 1.165) is 0 Å². The lowest BCUT2D eigenvalue weighted by molar-refractivity contribution is -0.137. The van der Waals surface area contributed by atoms with E-state index in [0.29, 0.717) is 0 Å². The highest BCUT2D eigenvalue weighted by Crippen LogP contribution is 1.98. The summed E-state index contributed by atoms with van der Waals surface area (Å²) in [7, 11) is 1.44. The van der Waals surface area contributed by atoms with Gasteiger partial charge in [-0.3, -0.25) is 4.79 Å². The number of aliphatic hydroxyl groups excluding tert-OH is 4. The molecule has 0 saturated heterocycles. The van der Waals surface area contributed by atoms with Crippen molar-refractivity contribution in [3.05, 3.63) is 0 Å². The number of carbonyl (C=O) groups is 1. The summed E-state index contributed by atoms with van der Waals surface area (Å²) in [5.41, 5.74) is 0. The second-order valence-corrected chi connectivity index (χ2v) is 2.62. The second-order valence-electron chi connectivity index (χ2n) is 2.62. The smallest absolute Gasteiger partial charge is 0.183 e.